The van der Waals surface area contributed by atoms with Gasteiger partial charge < -0.3 is 9.47 Å². The Morgan fingerprint density at radius 2 is 2.00 bits per heavy atom. The molecule has 82 valence electrons. The molecule has 0 spiro atoms. The van der Waals surface area contributed by atoms with E-state index in [1.54, 1.807) is 30.3 Å². The van der Waals surface area contributed by atoms with E-state index < -0.39 is 12.3 Å². The van der Waals surface area contributed by atoms with Crippen molar-refractivity contribution in [2.24, 2.45) is 0 Å². The summed E-state index contributed by atoms with van der Waals surface area (Å²) in [7, 11) is 0. The maximum absolute atomic E-state index is 11.3. The number of benzene rings is 1. The summed E-state index contributed by atoms with van der Waals surface area (Å²) < 4.78 is 9.82. The smallest absolute Gasteiger partial charge is 0.426 e. The molecule has 1 aliphatic carbocycles. The van der Waals surface area contributed by atoms with Crippen LogP contribution in [-0.4, -0.2) is 18.0 Å². The Balaban J connectivity index is 1.86. The Labute approximate surface area is 92.5 Å². The highest BCUT2D eigenvalue weighted by molar-refractivity contribution is 5.93. The van der Waals surface area contributed by atoms with Crippen molar-refractivity contribution in [2.75, 3.05) is 0 Å². The first-order valence-corrected chi connectivity index (χ1v) is 4.88. The SMILES string of the molecule is O=C1C=CC(OC(=O)Oc2ccccc2)C1. The summed E-state index contributed by atoms with van der Waals surface area (Å²) in [6.07, 6.45) is 1.86. The summed E-state index contributed by atoms with van der Waals surface area (Å²) in [4.78, 5) is 22.2. The molecule has 4 nitrogen and oxygen atoms in total. The Bertz CT molecular complexity index is 422. The number of ether oxygens (including phenoxy) is 2. The Kier molecular flexibility index (Phi) is 3.00. The number of rotatable bonds is 2. The number of carbonyl (C=O) groups is 2. The molecule has 0 bridgehead atoms. The van der Waals surface area contributed by atoms with E-state index in [2.05, 4.69) is 0 Å². The molecule has 0 fully saturated rings. The summed E-state index contributed by atoms with van der Waals surface area (Å²) >= 11 is 0. The average Bonchev–Trinajstić information content (AvgIpc) is 2.65. The maximum atomic E-state index is 11.3. The van der Waals surface area contributed by atoms with Crippen molar-refractivity contribution >= 4 is 11.9 Å². The van der Waals surface area contributed by atoms with Gasteiger partial charge in [0.25, 0.3) is 0 Å². The monoisotopic (exact) mass is 218 g/mol. The molecule has 0 N–H and O–H groups in total. The molecule has 1 aromatic rings. The molecule has 0 heterocycles. The number of hydrogen-bond acceptors (Lipinski definition) is 4. The third kappa shape index (κ3) is 2.70. The first-order chi connectivity index (χ1) is 7.74. The van der Waals surface area contributed by atoms with Crippen molar-refractivity contribution in [1.82, 2.24) is 0 Å². The fraction of sp³-hybridized carbons (Fsp3) is 0.167. The van der Waals surface area contributed by atoms with Crippen molar-refractivity contribution in [3.63, 3.8) is 0 Å². The lowest BCUT2D eigenvalue weighted by Crippen LogP contribution is -2.18. The molecule has 0 amide bonds. The summed E-state index contributed by atoms with van der Waals surface area (Å²) in [5.74, 6) is 0.373. The van der Waals surface area contributed by atoms with Crippen LogP contribution in [0.25, 0.3) is 0 Å². The first kappa shape index (κ1) is 10.4. The van der Waals surface area contributed by atoms with E-state index in [0.29, 0.717) is 5.75 Å². The van der Waals surface area contributed by atoms with Crippen LogP contribution in [0.2, 0.25) is 0 Å². The van der Waals surface area contributed by atoms with Crippen LogP contribution in [0, 0.1) is 0 Å². The Morgan fingerprint density at radius 3 is 2.62 bits per heavy atom. The topological polar surface area (TPSA) is 52.6 Å². The lowest BCUT2D eigenvalue weighted by Gasteiger charge is -2.09. The van der Waals surface area contributed by atoms with Crippen LogP contribution >= 0.6 is 0 Å². The van der Waals surface area contributed by atoms with Crippen LogP contribution in [0.4, 0.5) is 4.79 Å². The van der Waals surface area contributed by atoms with Gasteiger partial charge in [-0.25, -0.2) is 4.79 Å². The zero-order valence-corrected chi connectivity index (χ0v) is 8.46. The van der Waals surface area contributed by atoms with Crippen molar-refractivity contribution < 1.29 is 19.1 Å². The van der Waals surface area contributed by atoms with Crippen LogP contribution in [0.15, 0.2) is 42.5 Å². The third-order valence-corrected chi connectivity index (χ3v) is 2.09. The molecule has 0 aromatic heterocycles. The second kappa shape index (κ2) is 4.61. The summed E-state index contributed by atoms with van der Waals surface area (Å²) in [5, 5.41) is 0. The van der Waals surface area contributed by atoms with E-state index >= 15 is 0 Å². The number of ketones is 1. The van der Waals surface area contributed by atoms with Crippen molar-refractivity contribution in [2.45, 2.75) is 12.5 Å². The molecule has 0 radical (unpaired) electrons. The van der Waals surface area contributed by atoms with Gasteiger partial charge in [0.05, 0.1) is 6.42 Å². The quantitative estimate of drug-likeness (QED) is 0.563. The van der Waals surface area contributed by atoms with Gasteiger partial charge in [-0.2, -0.15) is 0 Å². The van der Waals surface area contributed by atoms with Crippen LogP contribution in [0.5, 0.6) is 5.75 Å². The van der Waals surface area contributed by atoms with E-state index in [4.69, 9.17) is 9.47 Å². The molecule has 4 heteroatoms. The van der Waals surface area contributed by atoms with Crippen LogP contribution in [0.1, 0.15) is 6.42 Å². The van der Waals surface area contributed by atoms with Gasteiger partial charge in [-0.3, -0.25) is 4.79 Å². The highest BCUT2D eigenvalue weighted by atomic mass is 16.7. The van der Waals surface area contributed by atoms with Crippen molar-refractivity contribution in [3.8, 4) is 5.75 Å². The lowest BCUT2D eigenvalue weighted by atomic mass is 10.3. The highest BCUT2D eigenvalue weighted by Gasteiger charge is 2.20. The maximum Gasteiger partial charge on any atom is 0.514 e. The Hall–Kier alpha value is -2.10. The largest absolute Gasteiger partial charge is 0.514 e. The normalized spacial score (nSPS) is 18.5. The molecular formula is C12H10O4. The van der Waals surface area contributed by atoms with E-state index in [0.717, 1.165) is 0 Å². The average molecular weight is 218 g/mol. The standard InChI is InChI=1S/C12H10O4/c13-9-6-7-11(8-9)16-12(14)15-10-4-2-1-3-5-10/h1-7,11H,8H2. The van der Waals surface area contributed by atoms with Crippen molar-refractivity contribution in [1.29, 1.82) is 0 Å². The molecule has 1 unspecified atom stereocenters. The van der Waals surface area contributed by atoms with Gasteiger partial charge in [-0.05, 0) is 24.3 Å². The second-order valence-electron chi connectivity index (χ2n) is 3.35. The zero-order chi connectivity index (χ0) is 11.4. The molecule has 1 aromatic carbocycles. The van der Waals surface area contributed by atoms with Gasteiger partial charge in [0.2, 0.25) is 0 Å². The number of carbonyl (C=O) groups excluding carboxylic acids is 2. The highest BCUT2D eigenvalue weighted by Crippen LogP contribution is 2.13. The van der Waals surface area contributed by atoms with Gasteiger partial charge in [0, 0.05) is 0 Å². The molecule has 0 saturated carbocycles. The van der Waals surface area contributed by atoms with E-state index in [-0.39, 0.29) is 12.2 Å². The van der Waals surface area contributed by atoms with Gasteiger partial charge in [-0.1, -0.05) is 18.2 Å². The molecular weight excluding hydrogens is 208 g/mol. The van der Waals surface area contributed by atoms with Crippen molar-refractivity contribution in [3.05, 3.63) is 42.5 Å². The molecule has 16 heavy (non-hydrogen) atoms. The molecule has 1 aliphatic rings. The Morgan fingerprint density at radius 1 is 1.25 bits per heavy atom. The summed E-state index contributed by atoms with van der Waals surface area (Å²) in [5.41, 5.74) is 0. The molecule has 1 atom stereocenters. The summed E-state index contributed by atoms with van der Waals surface area (Å²) in [6.45, 7) is 0. The van der Waals surface area contributed by atoms with Crippen LogP contribution < -0.4 is 4.74 Å². The van der Waals surface area contributed by atoms with Gasteiger partial charge in [-0.15, -0.1) is 0 Å². The molecule has 0 saturated heterocycles. The minimum atomic E-state index is -0.796. The van der Waals surface area contributed by atoms with Gasteiger partial charge in [0.15, 0.2) is 5.78 Å². The van der Waals surface area contributed by atoms with Gasteiger partial charge in [0.1, 0.15) is 11.9 Å². The minimum absolute atomic E-state index is 0.0440. The fourth-order valence-corrected chi connectivity index (χ4v) is 1.36. The van der Waals surface area contributed by atoms with Crippen LogP contribution in [-0.2, 0) is 9.53 Å². The number of hydrogen-bond donors (Lipinski definition) is 0. The van der Waals surface area contributed by atoms with E-state index in [1.165, 1.54) is 6.08 Å². The predicted octanol–water partition coefficient (Wildman–Crippen LogP) is 2.10. The van der Waals surface area contributed by atoms with E-state index in [9.17, 15) is 9.59 Å². The van der Waals surface area contributed by atoms with Crippen LogP contribution in [0.3, 0.4) is 0 Å². The molecule has 2 rings (SSSR count). The first-order valence-electron chi connectivity index (χ1n) is 4.88. The summed E-state index contributed by atoms with van der Waals surface area (Å²) in [6, 6.07) is 8.62. The minimum Gasteiger partial charge on any atom is -0.426 e. The second-order valence-corrected chi connectivity index (χ2v) is 3.35. The lowest BCUT2D eigenvalue weighted by molar-refractivity contribution is -0.115. The third-order valence-electron chi connectivity index (χ3n) is 2.09. The van der Waals surface area contributed by atoms with E-state index in [1.807, 2.05) is 6.07 Å². The number of para-hydroxylation sites is 1. The predicted molar refractivity (Wildman–Crippen MR) is 56.1 cm³/mol. The fourth-order valence-electron chi connectivity index (χ4n) is 1.36. The zero-order valence-electron chi connectivity index (χ0n) is 8.46. The number of allylic oxidation sites excluding steroid dienone is 1. The molecule has 0 aliphatic heterocycles. The van der Waals surface area contributed by atoms with Gasteiger partial charge >= 0.3 is 6.16 Å².